The van der Waals surface area contributed by atoms with Crippen molar-refractivity contribution < 1.29 is 14.3 Å². The molecule has 1 N–H and O–H groups in total. The zero-order chi connectivity index (χ0) is 23.7. The zero-order valence-electron chi connectivity index (χ0n) is 19.4. The van der Waals surface area contributed by atoms with Gasteiger partial charge in [-0.1, -0.05) is 25.6 Å². The number of nitrogens with one attached hydrogen (secondary N) is 1. The van der Waals surface area contributed by atoms with Gasteiger partial charge in [-0.25, -0.2) is 0 Å². The summed E-state index contributed by atoms with van der Waals surface area (Å²) in [6.45, 7) is 6.56. The van der Waals surface area contributed by atoms with Crippen molar-refractivity contribution in [2.75, 3.05) is 36.5 Å². The van der Waals surface area contributed by atoms with Crippen molar-refractivity contribution in [2.45, 2.75) is 21.3 Å². The first-order valence-corrected chi connectivity index (χ1v) is 11.2. The van der Waals surface area contributed by atoms with E-state index in [1.807, 2.05) is 57.4 Å². The number of aromatic nitrogens is 4. The fraction of sp³-hybridized carbons (Fsp3) is 0.308. The number of hydrogen-bond acceptors (Lipinski definition) is 7. The van der Waals surface area contributed by atoms with E-state index in [9.17, 15) is 4.79 Å². The van der Waals surface area contributed by atoms with Crippen LogP contribution in [0.2, 0.25) is 0 Å². The van der Waals surface area contributed by atoms with E-state index in [4.69, 9.17) is 14.5 Å². The molecule has 9 nitrogen and oxygen atoms in total. The summed E-state index contributed by atoms with van der Waals surface area (Å²) in [5.74, 6) is 1.29. The molecule has 1 aliphatic heterocycles. The topological polar surface area (TPSA) is 94.4 Å². The summed E-state index contributed by atoms with van der Waals surface area (Å²) in [4.78, 5) is 24.3. The Morgan fingerprint density at radius 3 is 2.66 bits per heavy atom. The van der Waals surface area contributed by atoms with Gasteiger partial charge in [-0.05, 0) is 49.2 Å². The molecule has 0 aliphatic carbocycles. The van der Waals surface area contributed by atoms with Crippen molar-refractivity contribution in [1.29, 1.82) is 0 Å². The number of amides is 1. The van der Waals surface area contributed by atoms with Crippen LogP contribution in [0, 0.1) is 13.8 Å². The first kappa shape index (κ1) is 24.2. The lowest BCUT2D eigenvalue weighted by Gasteiger charge is -2.26. The molecule has 4 aromatic rings. The van der Waals surface area contributed by atoms with Gasteiger partial charge in [-0.15, -0.1) is 0 Å². The maximum absolute atomic E-state index is 12.9. The zero-order valence-corrected chi connectivity index (χ0v) is 19.4. The van der Waals surface area contributed by atoms with E-state index in [1.165, 1.54) is 0 Å². The lowest BCUT2D eigenvalue weighted by Crippen LogP contribution is -2.37. The molecule has 3 heterocycles. The Bertz CT molecular complexity index is 1360. The highest BCUT2D eigenvalue weighted by molar-refractivity contribution is 6.04. The molecule has 182 valence electrons. The van der Waals surface area contributed by atoms with Crippen molar-refractivity contribution in [3.05, 3.63) is 65.4 Å². The summed E-state index contributed by atoms with van der Waals surface area (Å²) >= 11 is 0. The number of ether oxygens (including phenoxy) is 2. The fourth-order valence-corrected chi connectivity index (χ4v) is 3.85. The number of hydrogen-bond donors (Lipinski definition) is 1. The van der Waals surface area contributed by atoms with E-state index in [-0.39, 0.29) is 13.3 Å². The Hall–Kier alpha value is -3.98. The molecule has 35 heavy (non-hydrogen) atoms. The van der Waals surface area contributed by atoms with Gasteiger partial charge in [0, 0.05) is 37.6 Å². The van der Waals surface area contributed by atoms with Crippen LogP contribution in [0.15, 0.2) is 48.7 Å². The maximum atomic E-state index is 12.9. The molecule has 2 aromatic heterocycles. The van der Waals surface area contributed by atoms with Gasteiger partial charge < -0.3 is 19.7 Å². The van der Waals surface area contributed by atoms with Gasteiger partial charge >= 0.3 is 0 Å². The van der Waals surface area contributed by atoms with Crippen LogP contribution >= 0.6 is 0 Å². The number of anilines is 2. The molecular formula is C26H30N6O3. The van der Waals surface area contributed by atoms with Gasteiger partial charge in [-0.2, -0.15) is 15.1 Å². The van der Waals surface area contributed by atoms with Gasteiger partial charge in [-0.3, -0.25) is 9.48 Å². The predicted molar refractivity (Wildman–Crippen MR) is 136 cm³/mol. The van der Waals surface area contributed by atoms with Crippen molar-refractivity contribution >= 4 is 28.6 Å². The van der Waals surface area contributed by atoms with Crippen molar-refractivity contribution in [2.24, 2.45) is 7.05 Å². The number of aryl methyl sites for hydroxylation is 3. The number of benzene rings is 2. The first-order chi connectivity index (χ1) is 16.5. The van der Waals surface area contributed by atoms with E-state index < -0.39 is 0 Å². The molecule has 0 radical (unpaired) electrons. The minimum atomic E-state index is -0.210. The highest BCUT2D eigenvalue weighted by atomic mass is 16.5. The maximum Gasteiger partial charge on any atom is 0.255 e. The molecule has 1 saturated heterocycles. The highest BCUT2D eigenvalue weighted by Crippen LogP contribution is 2.31. The Balaban J connectivity index is 0.00000289. The number of morpholine rings is 1. The number of carbonyl (C=O) groups excluding carboxylic acids is 1. The minimum absolute atomic E-state index is 0. The minimum Gasteiger partial charge on any atom is -0.438 e. The van der Waals surface area contributed by atoms with E-state index in [0.29, 0.717) is 60.5 Å². The molecule has 2 aromatic carbocycles. The average molecular weight is 475 g/mol. The third-order valence-electron chi connectivity index (χ3n) is 5.67. The van der Waals surface area contributed by atoms with Crippen molar-refractivity contribution in [3.8, 4) is 11.6 Å². The van der Waals surface area contributed by atoms with E-state index in [1.54, 1.807) is 16.8 Å². The van der Waals surface area contributed by atoms with E-state index >= 15 is 0 Å². The molecule has 1 fully saturated rings. The van der Waals surface area contributed by atoms with Crippen LogP contribution in [0.1, 0.15) is 28.9 Å². The van der Waals surface area contributed by atoms with Crippen molar-refractivity contribution in [3.63, 3.8) is 0 Å². The van der Waals surface area contributed by atoms with Crippen LogP contribution in [-0.4, -0.2) is 52.0 Å². The van der Waals surface area contributed by atoms with Crippen LogP contribution < -0.4 is 15.0 Å². The molecule has 9 heteroatoms. The average Bonchev–Trinajstić information content (AvgIpc) is 3.21. The Labute approximate surface area is 204 Å². The molecule has 5 rings (SSSR count). The Morgan fingerprint density at radius 2 is 1.89 bits per heavy atom. The number of carbonyl (C=O) groups is 1. The summed E-state index contributed by atoms with van der Waals surface area (Å²) in [6, 6.07) is 13.1. The van der Waals surface area contributed by atoms with Crippen LogP contribution in [0.3, 0.4) is 0 Å². The third-order valence-corrected chi connectivity index (χ3v) is 5.67. The summed E-state index contributed by atoms with van der Waals surface area (Å²) < 4.78 is 13.4. The molecule has 0 bridgehead atoms. The standard InChI is InChI=1S/C25H26N6O3.CH4/c1-16-5-4-6-19(13-16)26-23(32)18-8-7-17(2)21(14-18)34-24-20-15-30(3)29-22(20)27-25(28-24)31-9-11-33-12-10-31;/h4-8,13-15H,9-12H2,1-3H3,(H,26,32);1H4. The Morgan fingerprint density at radius 1 is 1.09 bits per heavy atom. The molecule has 0 saturated carbocycles. The summed E-state index contributed by atoms with van der Waals surface area (Å²) in [5.41, 5.74) is 3.75. The molecular weight excluding hydrogens is 444 g/mol. The SMILES string of the molecule is C.Cc1cccc(NC(=O)c2ccc(C)c(Oc3nc(N4CCOCC4)nc4nn(C)cc34)c2)c1. The van der Waals surface area contributed by atoms with Crippen LogP contribution in [0.4, 0.5) is 11.6 Å². The van der Waals surface area contributed by atoms with Crippen molar-refractivity contribution in [1.82, 2.24) is 19.7 Å². The van der Waals surface area contributed by atoms with Gasteiger partial charge in [0.25, 0.3) is 5.91 Å². The van der Waals surface area contributed by atoms with Gasteiger partial charge in [0.1, 0.15) is 11.1 Å². The van der Waals surface area contributed by atoms with Gasteiger partial charge in [0.15, 0.2) is 5.65 Å². The second-order valence-corrected chi connectivity index (χ2v) is 8.37. The normalized spacial score (nSPS) is 13.4. The number of fused-ring (bicyclic) bond motifs is 1. The summed E-state index contributed by atoms with van der Waals surface area (Å²) in [7, 11) is 1.83. The monoisotopic (exact) mass is 474 g/mol. The largest absolute Gasteiger partial charge is 0.438 e. The molecule has 0 atom stereocenters. The smallest absolute Gasteiger partial charge is 0.255 e. The number of nitrogens with zero attached hydrogens (tertiary/aromatic N) is 5. The number of rotatable bonds is 5. The quantitative estimate of drug-likeness (QED) is 0.455. The third kappa shape index (κ3) is 5.25. The molecule has 0 spiro atoms. The fourth-order valence-electron chi connectivity index (χ4n) is 3.85. The predicted octanol–water partition coefficient (Wildman–Crippen LogP) is 4.50. The van der Waals surface area contributed by atoms with E-state index in [0.717, 1.165) is 16.8 Å². The molecule has 0 unspecified atom stereocenters. The molecule has 1 amide bonds. The van der Waals surface area contributed by atoms with E-state index in [2.05, 4.69) is 20.3 Å². The van der Waals surface area contributed by atoms with Crippen LogP contribution in [0.25, 0.3) is 11.0 Å². The lowest BCUT2D eigenvalue weighted by atomic mass is 10.1. The summed E-state index contributed by atoms with van der Waals surface area (Å²) in [6.07, 6.45) is 1.83. The summed E-state index contributed by atoms with van der Waals surface area (Å²) in [5, 5.41) is 8.10. The van der Waals surface area contributed by atoms with Crippen LogP contribution in [-0.2, 0) is 11.8 Å². The molecule has 1 aliphatic rings. The second-order valence-electron chi connectivity index (χ2n) is 8.37. The lowest BCUT2D eigenvalue weighted by molar-refractivity contribution is 0.102. The van der Waals surface area contributed by atoms with Gasteiger partial charge in [0.05, 0.1) is 13.2 Å². The second kappa shape index (κ2) is 10.1. The van der Waals surface area contributed by atoms with Crippen LogP contribution in [0.5, 0.6) is 11.6 Å². The first-order valence-electron chi connectivity index (χ1n) is 11.2. The van der Waals surface area contributed by atoms with Gasteiger partial charge in [0.2, 0.25) is 11.8 Å². The Kier molecular flexibility index (Phi) is 6.97. The highest BCUT2D eigenvalue weighted by Gasteiger charge is 2.20.